The number of likely N-dealkylation sites (N-methyl/N-ethyl adjacent to an activating group) is 1. The molecule has 0 radical (unpaired) electrons. The number of hydrogen-bond acceptors (Lipinski definition) is 3. The minimum atomic E-state index is -3.63. The lowest BCUT2D eigenvalue weighted by molar-refractivity contribution is 0.301. The molecule has 1 unspecified atom stereocenters. The zero-order valence-electron chi connectivity index (χ0n) is 15.0. The molecule has 0 bridgehead atoms. The third-order valence-corrected chi connectivity index (χ3v) is 6.14. The van der Waals surface area contributed by atoms with E-state index in [0.717, 1.165) is 16.5 Å². The van der Waals surface area contributed by atoms with Gasteiger partial charge in [0.25, 0.3) is 0 Å². The van der Waals surface area contributed by atoms with Crippen molar-refractivity contribution in [1.29, 1.82) is 0 Å². The fourth-order valence-electron chi connectivity index (χ4n) is 3.12. The number of aryl methyl sites for hydroxylation is 1. The topological polar surface area (TPSA) is 54.3 Å². The first kappa shape index (κ1) is 18.9. The van der Waals surface area contributed by atoms with Gasteiger partial charge in [0.2, 0.25) is 10.0 Å². The molecule has 0 amide bonds. The number of aromatic nitrogens is 1. The van der Waals surface area contributed by atoms with Gasteiger partial charge in [-0.15, -0.1) is 0 Å². The van der Waals surface area contributed by atoms with Crippen LogP contribution in [0.25, 0.3) is 10.9 Å². The first-order chi connectivity index (χ1) is 12.3. The molecule has 0 aliphatic rings. The molecule has 1 N–H and O–H groups in total. The second-order valence-electron chi connectivity index (χ2n) is 6.50. The van der Waals surface area contributed by atoms with E-state index in [1.165, 1.54) is 12.1 Å². The first-order valence-corrected chi connectivity index (χ1v) is 10.1. The predicted octanol–water partition coefficient (Wildman–Crippen LogP) is 3.41. The van der Waals surface area contributed by atoms with Gasteiger partial charge in [-0.2, -0.15) is 0 Å². The van der Waals surface area contributed by atoms with Crippen molar-refractivity contribution >= 4 is 32.5 Å². The summed E-state index contributed by atoms with van der Waals surface area (Å²) in [6.07, 6.45) is 2.06. The minimum absolute atomic E-state index is 0.102. The Morgan fingerprint density at radius 2 is 1.88 bits per heavy atom. The van der Waals surface area contributed by atoms with Crippen molar-refractivity contribution in [2.75, 3.05) is 20.6 Å². The molecule has 7 heteroatoms. The number of halogens is 1. The van der Waals surface area contributed by atoms with E-state index in [9.17, 15) is 8.42 Å². The Morgan fingerprint density at radius 1 is 1.15 bits per heavy atom. The highest BCUT2D eigenvalue weighted by Gasteiger charge is 2.22. The van der Waals surface area contributed by atoms with Crippen LogP contribution in [0.2, 0.25) is 5.02 Å². The Morgan fingerprint density at radius 3 is 2.58 bits per heavy atom. The molecule has 3 rings (SSSR count). The Hall–Kier alpha value is -1.86. The van der Waals surface area contributed by atoms with Crippen LogP contribution in [0.4, 0.5) is 0 Å². The number of nitrogens with one attached hydrogen (secondary N) is 1. The maximum atomic E-state index is 12.6. The molecule has 2 aromatic carbocycles. The molecule has 0 spiro atoms. The van der Waals surface area contributed by atoms with E-state index < -0.39 is 10.0 Å². The van der Waals surface area contributed by atoms with E-state index in [0.29, 0.717) is 5.02 Å². The molecule has 0 fully saturated rings. The van der Waals surface area contributed by atoms with Crippen molar-refractivity contribution in [2.24, 2.45) is 7.05 Å². The van der Waals surface area contributed by atoms with E-state index in [1.807, 2.05) is 38.2 Å². The predicted molar refractivity (Wildman–Crippen MR) is 106 cm³/mol. The van der Waals surface area contributed by atoms with Crippen molar-refractivity contribution in [3.05, 3.63) is 65.3 Å². The number of sulfonamides is 1. The van der Waals surface area contributed by atoms with Gasteiger partial charge in [0, 0.05) is 41.8 Å². The Bertz CT molecular complexity index is 1030. The van der Waals surface area contributed by atoms with E-state index in [4.69, 9.17) is 11.6 Å². The van der Waals surface area contributed by atoms with Crippen molar-refractivity contribution in [1.82, 2.24) is 14.2 Å². The lowest BCUT2D eigenvalue weighted by atomic mass is 10.1. The first-order valence-electron chi connectivity index (χ1n) is 8.25. The van der Waals surface area contributed by atoms with Crippen LogP contribution in [0.5, 0.6) is 0 Å². The number of nitrogens with zero attached hydrogens (tertiary/aromatic N) is 2. The fourth-order valence-corrected chi connectivity index (χ4v) is 4.45. The average molecular weight is 392 g/mol. The number of hydrogen-bond donors (Lipinski definition) is 1. The number of benzene rings is 2. The SMILES string of the molecule is CN(C)C(CNS(=O)(=O)c1cccc(Cl)c1)c1cn(C)c2ccccc12. The summed E-state index contributed by atoms with van der Waals surface area (Å²) in [6, 6.07) is 14.3. The van der Waals surface area contributed by atoms with Crippen LogP contribution in [0.1, 0.15) is 11.6 Å². The van der Waals surface area contributed by atoms with Crippen LogP contribution in [0.3, 0.4) is 0 Å². The van der Waals surface area contributed by atoms with Crippen molar-refractivity contribution in [3.8, 4) is 0 Å². The third-order valence-electron chi connectivity index (χ3n) is 4.48. The van der Waals surface area contributed by atoms with Gasteiger partial charge >= 0.3 is 0 Å². The van der Waals surface area contributed by atoms with Gasteiger partial charge in [0.15, 0.2) is 0 Å². The number of para-hydroxylation sites is 1. The average Bonchev–Trinajstić information content (AvgIpc) is 2.92. The molecule has 5 nitrogen and oxygen atoms in total. The summed E-state index contributed by atoms with van der Waals surface area (Å²) in [5, 5.41) is 1.52. The molecule has 1 atom stereocenters. The molecule has 138 valence electrons. The van der Waals surface area contributed by atoms with E-state index in [-0.39, 0.29) is 17.5 Å². The van der Waals surface area contributed by atoms with Crippen molar-refractivity contribution in [3.63, 3.8) is 0 Å². The summed E-state index contributed by atoms with van der Waals surface area (Å²) in [5.41, 5.74) is 2.20. The highest BCUT2D eigenvalue weighted by molar-refractivity contribution is 7.89. The highest BCUT2D eigenvalue weighted by Crippen LogP contribution is 2.28. The van der Waals surface area contributed by atoms with Gasteiger partial charge < -0.3 is 9.47 Å². The van der Waals surface area contributed by atoms with Crippen LogP contribution in [0, 0.1) is 0 Å². The summed E-state index contributed by atoms with van der Waals surface area (Å²) in [6.45, 7) is 0.260. The summed E-state index contributed by atoms with van der Waals surface area (Å²) in [5.74, 6) is 0. The maximum absolute atomic E-state index is 12.6. The largest absolute Gasteiger partial charge is 0.350 e. The van der Waals surface area contributed by atoms with Crippen LogP contribution in [-0.2, 0) is 17.1 Å². The van der Waals surface area contributed by atoms with Crippen molar-refractivity contribution < 1.29 is 8.42 Å². The van der Waals surface area contributed by atoms with Crippen molar-refractivity contribution in [2.45, 2.75) is 10.9 Å². The third kappa shape index (κ3) is 3.78. The second-order valence-corrected chi connectivity index (χ2v) is 8.70. The maximum Gasteiger partial charge on any atom is 0.240 e. The van der Waals surface area contributed by atoms with E-state index in [1.54, 1.807) is 12.1 Å². The summed E-state index contributed by atoms with van der Waals surface area (Å²) in [4.78, 5) is 2.18. The Balaban J connectivity index is 1.90. The van der Waals surface area contributed by atoms with Gasteiger partial charge in [0.05, 0.1) is 4.90 Å². The van der Waals surface area contributed by atoms with E-state index in [2.05, 4.69) is 27.6 Å². The summed E-state index contributed by atoms with van der Waals surface area (Å²) in [7, 11) is 2.25. The molecular weight excluding hydrogens is 370 g/mol. The standard InChI is InChI=1S/C19H22ClN3O2S/c1-22(2)19(17-13-23(3)18-10-5-4-9-16(17)18)12-21-26(24,25)15-8-6-7-14(20)11-15/h4-11,13,19,21H,12H2,1-3H3. The monoisotopic (exact) mass is 391 g/mol. The van der Waals surface area contributed by atoms with Gasteiger partial charge in [-0.25, -0.2) is 13.1 Å². The summed E-state index contributed by atoms with van der Waals surface area (Å²) >= 11 is 5.92. The number of fused-ring (bicyclic) bond motifs is 1. The smallest absolute Gasteiger partial charge is 0.240 e. The minimum Gasteiger partial charge on any atom is -0.350 e. The fraction of sp³-hybridized carbons (Fsp3) is 0.263. The normalized spacial score (nSPS) is 13.4. The van der Waals surface area contributed by atoms with Crippen LogP contribution in [-0.4, -0.2) is 38.5 Å². The zero-order chi connectivity index (χ0) is 18.9. The van der Waals surface area contributed by atoms with Gasteiger partial charge in [-0.3, -0.25) is 0 Å². The molecule has 0 saturated carbocycles. The van der Waals surface area contributed by atoms with Gasteiger partial charge in [0.1, 0.15) is 0 Å². The van der Waals surface area contributed by atoms with Gasteiger partial charge in [-0.05, 0) is 43.9 Å². The Kier molecular flexibility index (Phi) is 5.39. The van der Waals surface area contributed by atoms with Gasteiger partial charge in [-0.1, -0.05) is 35.9 Å². The molecular formula is C19H22ClN3O2S. The molecule has 0 aliphatic heterocycles. The lowest BCUT2D eigenvalue weighted by Crippen LogP contribution is -2.34. The zero-order valence-corrected chi connectivity index (χ0v) is 16.6. The molecule has 1 heterocycles. The van der Waals surface area contributed by atoms with E-state index >= 15 is 0 Å². The molecule has 26 heavy (non-hydrogen) atoms. The van der Waals surface area contributed by atoms with Crippen LogP contribution >= 0.6 is 11.6 Å². The number of rotatable bonds is 6. The molecule has 0 aliphatic carbocycles. The molecule has 1 aromatic heterocycles. The quantitative estimate of drug-likeness (QED) is 0.700. The van der Waals surface area contributed by atoms with Crippen LogP contribution in [0.15, 0.2) is 59.6 Å². The molecule has 0 saturated heterocycles. The second kappa shape index (κ2) is 7.40. The molecule has 3 aromatic rings. The van der Waals surface area contributed by atoms with Crippen LogP contribution < -0.4 is 4.72 Å². The Labute approximate surface area is 159 Å². The summed E-state index contributed by atoms with van der Waals surface area (Å²) < 4.78 is 30.0. The lowest BCUT2D eigenvalue weighted by Gasteiger charge is -2.24. The highest BCUT2D eigenvalue weighted by atomic mass is 35.5.